The van der Waals surface area contributed by atoms with Gasteiger partial charge in [-0.05, 0) is 61.1 Å². The Bertz CT molecular complexity index is 941. The van der Waals surface area contributed by atoms with Gasteiger partial charge in [0, 0.05) is 18.8 Å². The summed E-state index contributed by atoms with van der Waals surface area (Å²) in [5, 5.41) is 2.70. The highest BCUT2D eigenvalue weighted by molar-refractivity contribution is 5.95. The second-order valence-electron chi connectivity index (χ2n) is 7.30. The summed E-state index contributed by atoms with van der Waals surface area (Å²) in [5.41, 5.74) is 3.46. The molecule has 7 heteroatoms. The van der Waals surface area contributed by atoms with Crippen molar-refractivity contribution in [2.24, 2.45) is 0 Å². The van der Waals surface area contributed by atoms with Crippen LogP contribution in [0.3, 0.4) is 0 Å². The van der Waals surface area contributed by atoms with E-state index in [1.54, 1.807) is 37.4 Å². The number of anilines is 1. The zero-order chi connectivity index (χ0) is 21.5. The van der Waals surface area contributed by atoms with Crippen LogP contribution < -0.4 is 10.1 Å². The van der Waals surface area contributed by atoms with Gasteiger partial charge in [-0.15, -0.1) is 0 Å². The Morgan fingerprint density at radius 2 is 1.80 bits per heavy atom. The molecule has 0 unspecified atom stereocenters. The normalized spacial score (nSPS) is 12.5. The second-order valence-corrected chi connectivity index (χ2v) is 7.30. The van der Waals surface area contributed by atoms with Gasteiger partial charge in [0.2, 0.25) is 5.91 Å². The third-order valence-corrected chi connectivity index (χ3v) is 5.07. The Labute approximate surface area is 176 Å². The van der Waals surface area contributed by atoms with Gasteiger partial charge in [0.05, 0.1) is 19.2 Å². The van der Waals surface area contributed by atoms with Crippen LogP contribution in [0.1, 0.15) is 34.3 Å². The van der Waals surface area contributed by atoms with Gasteiger partial charge in [-0.1, -0.05) is 12.1 Å². The average molecular weight is 410 g/mol. The van der Waals surface area contributed by atoms with Crippen molar-refractivity contribution in [3.8, 4) is 5.75 Å². The van der Waals surface area contributed by atoms with Crippen molar-refractivity contribution in [3.05, 3.63) is 59.2 Å². The molecule has 0 radical (unpaired) electrons. The van der Waals surface area contributed by atoms with Crippen LogP contribution in [0.15, 0.2) is 42.5 Å². The van der Waals surface area contributed by atoms with Crippen LogP contribution in [-0.4, -0.2) is 50.0 Å². The van der Waals surface area contributed by atoms with E-state index in [1.165, 1.54) is 29.5 Å². The number of esters is 1. The van der Waals surface area contributed by atoms with E-state index in [0.717, 1.165) is 19.3 Å². The number of likely N-dealkylation sites (N-methyl/N-ethyl adjacent to an activating group) is 1. The average Bonchev–Trinajstić information content (AvgIpc) is 2.76. The molecule has 30 heavy (non-hydrogen) atoms. The summed E-state index contributed by atoms with van der Waals surface area (Å²) in [6.45, 7) is -0.578. The lowest BCUT2D eigenvalue weighted by atomic mass is 9.90. The Morgan fingerprint density at radius 3 is 2.57 bits per heavy atom. The monoisotopic (exact) mass is 410 g/mol. The van der Waals surface area contributed by atoms with Gasteiger partial charge in [0.25, 0.3) is 5.91 Å². The highest BCUT2D eigenvalue weighted by Gasteiger charge is 2.18. The fraction of sp³-hybridized carbons (Fsp3) is 0.348. The Kier molecular flexibility index (Phi) is 7.06. The number of hydrogen-bond acceptors (Lipinski definition) is 5. The number of benzene rings is 2. The number of hydrogen-bond donors (Lipinski definition) is 1. The van der Waals surface area contributed by atoms with Gasteiger partial charge in [0.15, 0.2) is 6.61 Å². The molecule has 1 N–H and O–H groups in total. The number of nitrogens with one attached hydrogen (secondary N) is 1. The standard InChI is InChI=1S/C23H26N2O5/c1-25(14-21(26)24-19-8-5-9-20(13-19)29-2)22(27)15-30-23(28)18-11-10-16-6-3-4-7-17(16)12-18/h5,8-13H,3-4,6-7,14-15H2,1-2H3,(H,24,26). The number of carbonyl (C=O) groups excluding carboxylic acids is 3. The topological polar surface area (TPSA) is 84.9 Å². The minimum Gasteiger partial charge on any atom is -0.497 e. The molecule has 1 aliphatic carbocycles. The fourth-order valence-electron chi connectivity index (χ4n) is 3.39. The molecule has 158 valence electrons. The number of carbonyl (C=O) groups is 3. The summed E-state index contributed by atoms with van der Waals surface area (Å²) in [7, 11) is 3.03. The highest BCUT2D eigenvalue weighted by atomic mass is 16.5. The molecule has 0 aliphatic heterocycles. The molecule has 0 saturated heterocycles. The molecule has 0 aromatic heterocycles. The number of amides is 2. The van der Waals surface area contributed by atoms with Crippen molar-refractivity contribution < 1.29 is 23.9 Å². The summed E-state index contributed by atoms with van der Waals surface area (Å²) in [4.78, 5) is 37.9. The lowest BCUT2D eigenvalue weighted by molar-refractivity contribution is -0.136. The predicted octanol–water partition coefficient (Wildman–Crippen LogP) is 2.83. The van der Waals surface area contributed by atoms with Gasteiger partial charge in [0.1, 0.15) is 5.75 Å². The van der Waals surface area contributed by atoms with Gasteiger partial charge in [-0.3, -0.25) is 9.59 Å². The van der Waals surface area contributed by atoms with E-state index in [9.17, 15) is 14.4 Å². The lowest BCUT2D eigenvalue weighted by Gasteiger charge is -2.18. The predicted molar refractivity (Wildman–Crippen MR) is 113 cm³/mol. The number of nitrogens with zero attached hydrogens (tertiary/aromatic N) is 1. The summed E-state index contributed by atoms with van der Waals surface area (Å²) in [6, 6.07) is 12.5. The van der Waals surface area contributed by atoms with Crippen LogP contribution in [0.5, 0.6) is 5.75 Å². The number of methoxy groups -OCH3 is 1. The first-order valence-electron chi connectivity index (χ1n) is 9.93. The molecule has 0 heterocycles. The Balaban J connectivity index is 1.48. The molecule has 2 amide bonds. The van der Waals surface area contributed by atoms with Crippen molar-refractivity contribution in [3.63, 3.8) is 0 Å². The molecule has 7 nitrogen and oxygen atoms in total. The quantitative estimate of drug-likeness (QED) is 0.710. The maximum absolute atomic E-state index is 12.3. The van der Waals surface area contributed by atoms with Crippen LogP contribution in [0, 0.1) is 0 Å². The summed E-state index contributed by atoms with van der Waals surface area (Å²) >= 11 is 0. The first-order valence-corrected chi connectivity index (χ1v) is 9.93. The smallest absolute Gasteiger partial charge is 0.338 e. The highest BCUT2D eigenvalue weighted by Crippen LogP contribution is 2.22. The van der Waals surface area contributed by atoms with Crippen LogP contribution >= 0.6 is 0 Å². The van der Waals surface area contributed by atoms with E-state index in [0.29, 0.717) is 17.0 Å². The van der Waals surface area contributed by atoms with Gasteiger partial charge >= 0.3 is 5.97 Å². The van der Waals surface area contributed by atoms with Crippen molar-refractivity contribution in [1.82, 2.24) is 4.90 Å². The van der Waals surface area contributed by atoms with Crippen LogP contribution in [0.2, 0.25) is 0 Å². The third kappa shape index (κ3) is 5.59. The zero-order valence-electron chi connectivity index (χ0n) is 17.3. The van der Waals surface area contributed by atoms with Crippen molar-refractivity contribution in [2.75, 3.05) is 32.6 Å². The third-order valence-electron chi connectivity index (χ3n) is 5.07. The number of rotatable bonds is 7. The number of aryl methyl sites for hydroxylation is 2. The van der Waals surface area contributed by atoms with Crippen molar-refractivity contribution >= 4 is 23.5 Å². The molecule has 0 atom stereocenters. The molecular formula is C23H26N2O5. The molecule has 3 rings (SSSR count). The lowest BCUT2D eigenvalue weighted by Crippen LogP contribution is -2.37. The first-order chi connectivity index (χ1) is 14.5. The summed E-state index contributed by atoms with van der Waals surface area (Å²) in [6.07, 6.45) is 4.28. The molecular weight excluding hydrogens is 384 g/mol. The van der Waals surface area contributed by atoms with E-state index in [2.05, 4.69) is 5.32 Å². The minimum absolute atomic E-state index is 0.160. The van der Waals surface area contributed by atoms with Crippen molar-refractivity contribution in [2.45, 2.75) is 25.7 Å². The van der Waals surface area contributed by atoms with Gasteiger partial charge in [-0.2, -0.15) is 0 Å². The molecule has 2 aromatic rings. The maximum Gasteiger partial charge on any atom is 0.338 e. The molecule has 0 fully saturated rings. The molecule has 0 bridgehead atoms. The second kappa shape index (κ2) is 9.91. The fourth-order valence-corrected chi connectivity index (χ4v) is 3.39. The van der Waals surface area contributed by atoms with E-state index in [4.69, 9.17) is 9.47 Å². The Morgan fingerprint density at radius 1 is 1.03 bits per heavy atom. The summed E-state index contributed by atoms with van der Waals surface area (Å²) < 4.78 is 10.3. The van der Waals surface area contributed by atoms with E-state index in [-0.39, 0.29) is 12.5 Å². The van der Waals surface area contributed by atoms with E-state index in [1.807, 2.05) is 12.1 Å². The minimum atomic E-state index is -0.536. The van der Waals surface area contributed by atoms with E-state index < -0.39 is 18.5 Å². The SMILES string of the molecule is COc1cccc(NC(=O)CN(C)C(=O)COC(=O)c2ccc3c(c2)CCCC3)c1. The summed E-state index contributed by atoms with van der Waals surface area (Å²) in [5.74, 6) is -0.737. The molecule has 0 saturated carbocycles. The van der Waals surface area contributed by atoms with Crippen LogP contribution in [-0.2, 0) is 27.2 Å². The van der Waals surface area contributed by atoms with Crippen molar-refractivity contribution in [1.29, 1.82) is 0 Å². The maximum atomic E-state index is 12.3. The van der Waals surface area contributed by atoms with Gasteiger partial charge in [-0.25, -0.2) is 4.79 Å². The van der Waals surface area contributed by atoms with Crippen LogP contribution in [0.25, 0.3) is 0 Å². The molecule has 0 spiro atoms. The van der Waals surface area contributed by atoms with Crippen LogP contribution in [0.4, 0.5) is 5.69 Å². The molecule has 2 aromatic carbocycles. The Hall–Kier alpha value is -3.35. The largest absolute Gasteiger partial charge is 0.497 e. The van der Waals surface area contributed by atoms with E-state index >= 15 is 0 Å². The molecule has 1 aliphatic rings. The number of fused-ring (bicyclic) bond motifs is 1. The van der Waals surface area contributed by atoms with Gasteiger partial charge < -0.3 is 19.7 Å². The zero-order valence-corrected chi connectivity index (χ0v) is 17.3. The number of ether oxygens (including phenoxy) is 2. The first kappa shape index (κ1) is 21.4.